The van der Waals surface area contributed by atoms with Crippen molar-refractivity contribution in [2.45, 2.75) is 39.7 Å². The lowest BCUT2D eigenvalue weighted by atomic mass is 9.70. The van der Waals surface area contributed by atoms with E-state index in [2.05, 4.69) is 4.74 Å². The van der Waals surface area contributed by atoms with Crippen LogP contribution in [-0.2, 0) is 19.0 Å². The molecule has 0 aliphatic carbocycles. The van der Waals surface area contributed by atoms with E-state index < -0.39 is 17.0 Å². The molecule has 84 valence electrons. The Morgan fingerprint density at radius 1 is 1.33 bits per heavy atom. The SMILES string of the molecule is [B]OC(C)(C(C)=O)C(C)(CC)C(=O)OC. The maximum atomic E-state index is 11.7. The summed E-state index contributed by atoms with van der Waals surface area (Å²) < 4.78 is 9.41. The van der Waals surface area contributed by atoms with Gasteiger partial charge < -0.3 is 9.39 Å². The zero-order chi connectivity index (χ0) is 12.3. The zero-order valence-electron chi connectivity index (χ0n) is 9.92. The molecular weight excluding hydrogens is 195 g/mol. The van der Waals surface area contributed by atoms with Crippen molar-refractivity contribution < 1.29 is 19.0 Å². The maximum Gasteiger partial charge on any atom is 0.314 e. The average Bonchev–Trinajstić information content (AvgIpc) is 2.24. The summed E-state index contributed by atoms with van der Waals surface area (Å²) in [6.07, 6.45) is 0.396. The highest BCUT2D eigenvalue weighted by Gasteiger charge is 2.53. The van der Waals surface area contributed by atoms with Crippen LogP contribution in [0, 0.1) is 5.41 Å². The van der Waals surface area contributed by atoms with E-state index in [0.29, 0.717) is 6.42 Å². The second kappa shape index (κ2) is 4.79. The maximum absolute atomic E-state index is 11.7. The number of hydrogen-bond donors (Lipinski definition) is 0. The second-order valence-electron chi connectivity index (χ2n) is 3.88. The molecule has 15 heavy (non-hydrogen) atoms. The molecule has 0 aromatic carbocycles. The summed E-state index contributed by atoms with van der Waals surface area (Å²) in [6.45, 7) is 6.21. The third-order valence-corrected chi connectivity index (χ3v) is 3.30. The number of hydrogen-bond acceptors (Lipinski definition) is 4. The Morgan fingerprint density at radius 3 is 2.00 bits per heavy atom. The molecule has 5 heteroatoms. The van der Waals surface area contributed by atoms with E-state index >= 15 is 0 Å². The fraction of sp³-hybridized carbons (Fsp3) is 0.800. The van der Waals surface area contributed by atoms with Gasteiger partial charge >= 0.3 is 5.97 Å². The van der Waals surface area contributed by atoms with Gasteiger partial charge in [-0.25, -0.2) is 0 Å². The van der Waals surface area contributed by atoms with Crippen molar-refractivity contribution in [1.29, 1.82) is 0 Å². The molecule has 4 nitrogen and oxygen atoms in total. The van der Waals surface area contributed by atoms with Crippen molar-refractivity contribution in [3.63, 3.8) is 0 Å². The fourth-order valence-corrected chi connectivity index (χ4v) is 1.50. The molecule has 0 spiro atoms. The van der Waals surface area contributed by atoms with Crippen LogP contribution in [0.3, 0.4) is 0 Å². The molecule has 2 radical (unpaired) electrons. The number of esters is 1. The Hall–Kier alpha value is -0.835. The number of ketones is 1. The van der Waals surface area contributed by atoms with E-state index in [1.54, 1.807) is 13.8 Å². The molecule has 0 saturated carbocycles. The largest absolute Gasteiger partial charge is 0.469 e. The van der Waals surface area contributed by atoms with Gasteiger partial charge in [-0.3, -0.25) is 9.59 Å². The van der Waals surface area contributed by atoms with Crippen molar-refractivity contribution in [3.8, 4) is 0 Å². The molecule has 0 fully saturated rings. The van der Waals surface area contributed by atoms with Gasteiger partial charge in [-0.1, -0.05) is 6.92 Å². The second-order valence-corrected chi connectivity index (χ2v) is 3.88. The number of carbonyl (C=O) groups excluding carboxylic acids is 2. The predicted molar refractivity (Wildman–Crippen MR) is 56.3 cm³/mol. The van der Waals surface area contributed by atoms with Crippen molar-refractivity contribution in [1.82, 2.24) is 0 Å². The van der Waals surface area contributed by atoms with Gasteiger partial charge in [0.2, 0.25) is 0 Å². The van der Waals surface area contributed by atoms with Gasteiger partial charge in [-0.2, -0.15) is 0 Å². The lowest BCUT2D eigenvalue weighted by molar-refractivity contribution is -0.171. The molecule has 0 N–H and O–H groups in total. The Labute approximate surface area is 91.8 Å². The van der Waals surface area contributed by atoms with Crippen molar-refractivity contribution in [3.05, 3.63) is 0 Å². The average molecular weight is 212 g/mol. The molecule has 2 unspecified atom stereocenters. The number of carbonyl (C=O) groups is 2. The Morgan fingerprint density at radius 2 is 1.80 bits per heavy atom. The molecule has 0 saturated heterocycles. The van der Waals surface area contributed by atoms with Crippen LogP contribution in [0.1, 0.15) is 34.1 Å². The van der Waals surface area contributed by atoms with Crippen LogP contribution in [-0.4, -0.2) is 32.5 Å². The molecule has 0 bridgehead atoms. The summed E-state index contributed by atoms with van der Waals surface area (Å²) in [5.74, 6) is -0.812. The summed E-state index contributed by atoms with van der Waals surface area (Å²) in [6, 6.07) is 0. The van der Waals surface area contributed by atoms with Gasteiger partial charge in [0.05, 0.1) is 12.5 Å². The van der Waals surface area contributed by atoms with Gasteiger partial charge in [-0.15, -0.1) is 0 Å². The van der Waals surface area contributed by atoms with Crippen LogP contribution in [0.4, 0.5) is 0 Å². The lowest BCUT2D eigenvalue weighted by Crippen LogP contribution is -2.55. The molecule has 0 heterocycles. The van der Waals surface area contributed by atoms with E-state index in [1.165, 1.54) is 21.0 Å². The van der Waals surface area contributed by atoms with Crippen molar-refractivity contribution in [2.75, 3.05) is 7.11 Å². The van der Waals surface area contributed by atoms with Gasteiger partial charge in [0, 0.05) is 0 Å². The third-order valence-electron chi connectivity index (χ3n) is 3.30. The first-order chi connectivity index (χ1) is 6.80. The van der Waals surface area contributed by atoms with Crippen LogP contribution in [0.5, 0.6) is 0 Å². The molecule has 0 rings (SSSR count). The van der Waals surface area contributed by atoms with Gasteiger partial charge in [0.25, 0.3) is 8.05 Å². The van der Waals surface area contributed by atoms with Crippen molar-refractivity contribution in [2.24, 2.45) is 5.41 Å². The first kappa shape index (κ1) is 14.2. The smallest absolute Gasteiger partial charge is 0.314 e. The highest BCUT2D eigenvalue weighted by molar-refractivity contribution is 6.03. The molecule has 0 aromatic heterocycles. The van der Waals surface area contributed by atoms with E-state index in [4.69, 9.17) is 12.7 Å². The predicted octanol–water partition coefficient (Wildman–Crippen LogP) is 1.02. The number of Topliss-reactive ketones (excluding diaryl/α,β-unsaturated/α-hetero) is 1. The highest BCUT2D eigenvalue weighted by atomic mass is 16.5. The van der Waals surface area contributed by atoms with Crippen molar-refractivity contribution >= 4 is 19.8 Å². The van der Waals surface area contributed by atoms with Crippen LogP contribution in [0.2, 0.25) is 0 Å². The first-order valence-corrected chi connectivity index (χ1v) is 4.77. The first-order valence-electron chi connectivity index (χ1n) is 4.77. The van der Waals surface area contributed by atoms with E-state index in [1.807, 2.05) is 0 Å². The van der Waals surface area contributed by atoms with Gasteiger partial charge in [-0.05, 0) is 27.2 Å². The molecule has 2 atom stereocenters. The highest BCUT2D eigenvalue weighted by Crippen LogP contribution is 2.38. The Balaban J connectivity index is 5.42. The fourth-order valence-electron chi connectivity index (χ4n) is 1.50. The van der Waals surface area contributed by atoms with Crippen LogP contribution in [0.15, 0.2) is 0 Å². The molecule has 0 aromatic rings. The normalized spacial score (nSPS) is 18.7. The topological polar surface area (TPSA) is 52.6 Å². The summed E-state index contributed by atoms with van der Waals surface area (Å²) >= 11 is 0. The summed E-state index contributed by atoms with van der Waals surface area (Å²) in [5, 5.41) is 0. The minimum atomic E-state index is -1.37. The Bertz CT molecular complexity index is 266. The number of methoxy groups -OCH3 is 1. The van der Waals surface area contributed by atoms with E-state index in [-0.39, 0.29) is 5.78 Å². The summed E-state index contributed by atoms with van der Waals surface area (Å²) in [5.41, 5.74) is -2.45. The van der Waals surface area contributed by atoms with Gasteiger partial charge in [0.15, 0.2) is 5.78 Å². The van der Waals surface area contributed by atoms with E-state index in [0.717, 1.165) is 0 Å². The molecule has 0 aliphatic rings. The third kappa shape index (κ3) is 2.07. The number of ether oxygens (including phenoxy) is 1. The molecule has 0 amide bonds. The van der Waals surface area contributed by atoms with Crippen LogP contribution < -0.4 is 0 Å². The van der Waals surface area contributed by atoms with E-state index in [9.17, 15) is 9.59 Å². The van der Waals surface area contributed by atoms with Crippen LogP contribution in [0.25, 0.3) is 0 Å². The number of rotatable bonds is 5. The summed E-state index contributed by atoms with van der Waals surface area (Å²) in [4.78, 5) is 23.2. The molecular formula is C10H17BO4. The quantitative estimate of drug-likeness (QED) is 0.504. The minimum absolute atomic E-state index is 0.306. The molecule has 0 aliphatic heterocycles. The monoisotopic (exact) mass is 212 g/mol. The Kier molecular flexibility index (Phi) is 4.52. The minimum Gasteiger partial charge on any atom is -0.469 e. The summed E-state index contributed by atoms with van der Waals surface area (Å²) in [7, 11) is 6.40. The zero-order valence-corrected chi connectivity index (χ0v) is 9.92. The standard InChI is InChI=1S/C10H17BO4/c1-6-9(3,8(13)14-5)10(4,15-11)7(2)12/h6H2,1-5H3. The van der Waals surface area contributed by atoms with Gasteiger partial charge in [0.1, 0.15) is 5.60 Å². The van der Waals surface area contributed by atoms with Crippen LogP contribution >= 0.6 is 0 Å². The lowest BCUT2D eigenvalue weighted by Gasteiger charge is -2.41.